The van der Waals surface area contributed by atoms with Crippen molar-refractivity contribution < 1.29 is 9.59 Å². The standard InChI is InChI=1S/C15H21N5O2/c1-9-10(2)18-12(11(3)17-9)8-20-13(21)15(19-14(20)22)4-6-16-7-5-15/h16H,4-8H2,1-3H3,(H,19,22). The van der Waals surface area contributed by atoms with E-state index in [1.807, 2.05) is 20.8 Å². The van der Waals surface area contributed by atoms with Crippen molar-refractivity contribution in [2.45, 2.75) is 45.7 Å². The molecule has 3 heterocycles. The van der Waals surface area contributed by atoms with Gasteiger partial charge in [0.2, 0.25) is 0 Å². The number of urea groups is 1. The maximum atomic E-state index is 12.7. The van der Waals surface area contributed by atoms with Crippen LogP contribution >= 0.6 is 0 Å². The van der Waals surface area contributed by atoms with E-state index in [-0.39, 0.29) is 18.5 Å². The van der Waals surface area contributed by atoms with Crippen LogP contribution in [-0.4, -0.2) is 45.4 Å². The van der Waals surface area contributed by atoms with E-state index in [9.17, 15) is 9.59 Å². The third kappa shape index (κ3) is 2.35. The first-order chi connectivity index (χ1) is 10.4. The maximum Gasteiger partial charge on any atom is 0.325 e. The molecule has 118 valence electrons. The lowest BCUT2D eigenvalue weighted by atomic mass is 9.88. The number of amides is 3. The highest BCUT2D eigenvalue weighted by Gasteiger charge is 2.51. The highest BCUT2D eigenvalue weighted by Crippen LogP contribution is 2.28. The SMILES string of the molecule is Cc1nc(C)c(CN2C(=O)NC3(CCNCC3)C2=O)nc1C. The largest absolute Gasteiger partial charge is 0.325 e. The third-order valence-corrected chi connectivity index (χ3v) is 4.59. The summed E-state index contributed by atoms with van der Waals surface area (Å²) in [5.74, 6) is -0.140. The summed E-state index contributed by atoms with van der Waals surface area (Å²) >= 11 is 0. The van der Waals surface area contributed by atoms with Crippen molar-refractivity contribution >= 4 is 11.9 Å². The van der Waals surface area contributed by atoms with Gasteiger partial charge in [0.15, 0.2) is 0 Å². The Morgan fingerprint density at radius 3 is 2.36 bits per heavy atom. The van der Waals surface area contributed by atoms with Gasteiger partial charge >= 0.3 is 6.03 Å². The molecule has 2 fully saturated rings. The van der Waals surface area contributed by atoms with Gasteiger partial charge in [-0.3, -0.25) is 19.7 Å². The highest BCUT2D eigenvalue weighted by molar-refractivity contribution is 6.07. The molecule has 0 radical (unpaired) electrons. The van der Waals surface area contributed by atoms with Gasteiger partial charge in [0.1, 0.15) is 5.54 Å². The fourth-order valence-electron chi connectivity index (χ4n) is 3.07. The van der Waals surface area contributed by atoms with E-state index in [0.29, 0.717) is 18.5 Å². The van der Waals surface area contributed by atoms with E-state index in [4.69, 9.17) is 0 Å². The van der Waals surface area contributed by atoms with Gasteiger partial charge in [-0.2, -0.15) is 0 Å². The van der Waals surface area contributed by atoms with Gasteiger partial charge in [-0.15, -0.1) is 0 Å². The normalized spacial score (nSPS) is 20.6. The van der Waals surface area contributed by atoms with Gasteiger partial charge in [-0.1, -0.05) is 0 Å². The molecule has 2 aliphatic heterocycles. The van der Waals surface area contributed by atoms with E-state index in [1.54, 1.807) is 0 Å². The van der Waals surface area contributed by atoms with Crippen LogP contribution in [0.4, 0.5) is 4.79 Å². The lowest BCUT2D eigenvalue weighted by Gasteiger charge is -2.31. The van der Waals surface area contributed by atoms with Gasteiger partial charge in [-0.25, -0.2) is 4.79 Å². The molecular weight excluding hydrogens is 282 g/mol. The number of carbonyl (C=O) groups is 2. The molecule has 1 aromatic heterocycles. The van der Waals surface area contributed by atoms with Crippen LogP contribution < -0.4 is 10.6 Å². The van der Waals surface area contributed by atoms with Crippen molar-refractivity contribution in [3.8, 4) is 0 Å². The van der Waals surface area contributed by atoms with E-state index < -0.39 is 5.54 Å². The predicted molar refractivity (Wildman–Crippen MR) is 80.2 cm³/mol. The number of imide groups is 1. The second-order valence-electron chi connectivity index (χ2n) is 6.08. The summed E-state index contributed by atoms with van der Waals surface area (Å²) in [5, 5.41) is 6.10. The summed E-state index contributed by atoms with van der Waals surface area (Å²) in [6, 6.07) is -0.327. The zero-order valence-electron chi connectivity index (χ0n) is 13.2. The zero-order chi connectivity index (χ0) is 15.9. The minimum absolute atomic E-state index is 0.140. The molecule has 7 nitrogen and oxygen atoms in total. The number of nitrogens with zero attached hydrogens (tertiary/aromatic N) is 3. The van der Waals surface area contributed by atoms with E-state index in [0.717, 1.165) is 30.2 Å². The Bertz CT molecular complexity index is 637. The van der Waals surface area contributed by atoms with Crippen molar-refractivity contribution in [1.82, 2.24) is 25.5 Å². The molecule has 1 aromatic rings. The number of piperidine rings is 1. The summed E-state index contributed by atoms with van der Waals surface area (Å²) in [4.78, 5) is 35.2. The molecule has 2 aliphatic rings. The van der Waals surface area contributed by atoms with Crippen molar-refractivity contribution in [1.29, 1.82) is 0 Å². The number of aryl methyl sites for hydroxylation is 3. The zero-order valence-corrected chi connectivity index (χ0v) is 13.2. The molecule has 3 rings (SSSR count). The molecule has 0 saturated carbocycles. The molecule has 2 N–H and O–H groups in total. The van der Waals surface area contributed by atoms with Crippen molar-refractivity contribution in [2.75, 3.05) is 13.1 Å². The van der Waals surface area contributed by atoms with Crippen molar-refractivity contribution in [2.24, 2.45) is 0 Å². The van der Waals surface area contributed by atoms with Crippen LogP contribution in [-0.2, 0) is 11.3 Å². The first-order valence-corrected chi connectivity index (χ1v) is 7.58. The van der Waals surface area contributed by atoms with Crippen LogP contribution in [0.5, 0.6) is 0 Å². The Kier molecular flexibility index (Phi) is 3.60. The highest BCUT2D eigenvalue weighted by atomic mass is 16.2. The molecule has 0 aromatic carbocycles. The minimum Gasteiger partial charge on any atom is -0.323 e. The van der Waals surface area contributed by atoms with Crippen LogP contribution in [0.2, 0.25) is 0 Å². The average Bonchev–Trinajstić information content (AvgIpc) is 2.70. The smallest absolute Gasteiger partial charge is 0.323 e. The average molecular weight is 303 g/mol. The van der Waals surface area contributed by atoms with E-state index in [1.165, 1.54) is 4.90 Å². The maximum absolute atomic E-state index is 12.7. The van der Waals surface area contributed by atoms with Crippen LogP contribution in [0.1, 0.15) is 35.6 Å². The number of carbonyl (C=O) groups excluding carboxylic acids is 2. The molecule has 22 heavy (non-hydrogen) atoms. The number of hydrogen-bond acceptors (Lipinski definition) is 5. The van der Waals surface area contributed by atoms with Crippen molar-refractivity contribution in [3.63, 3.8) is 0 Å². The Morgan fingerprint density at radius 2 is 1.68 bits per heavy atom. The first kappa shape index (κ1) is 14.9. The Hall–Kier alpha value is -2.02. The van der Waals surface area contributed by atoms with Gasteiger partial charge in [0.25, 0.3) is 5.91 Å². The van der Waals surface area contributed by atoms with Crippen LogP contribution in [0, 0.1) is 20.8 Å². The second kappa shape index (κ2) is 5.31. The van der Waals surface area contributed by atoms with Gasteiger partial charge < -0.3 is 10.6 Å². The Labute approximate surface area is 129 Å². The van der Waals surface area contributed by atoms with Crippen molar-refractivity contribution in [3.05, 3.63) is 22.8 Å². The second-order valence-corrected chi connectivity index (χ2v) is 6.08. The predicted octanol–water partition coefficient (Wildman–Crippen LogP) is 0.576. The van der Waals surface area contributed by atoms with Crippen LogP contribution in [0.15, 0.2) is 0 Å². The fraction of sp³-hybridized carbons (Fsp3) is 0.600. The lowest BCUT2D eigenvalue weighted by molar-refractivity contribution is -0.132. The lowest BCUT2D eigenvalue weighted by Crippen LogP contribution is -2.53. The van der Waals surface area contributed by atoms with E-state index in [2.05, 4.69) is 20.6 Å². The fourth-order valence-corrected chi connectivity index (χ4v) is 3.07. The monoisotopic (exact) mass is 303 g/mol. The topological polar surface area (TPSA) is 87.2 Å². The molecule has 2 saturated heterocycles. The Balaban J connectivity index is 1.85. The summed E-state index contributed by atoms with van der Waals surface area (Å²) < 4.78 is 0. The number of hydrogen-bond donors (Lipinski definition) is 2. The summed E-state index contributed by atoms with van der Waals surface area (Å²) in [6.45, 7) is 7.29. The first-order valence-electron chi connectivity index (χ1n) is 7.58. The Morgan fingerprint density at radius 1 is 1.05 bits per heavy atom. The molecule has 7 heteroatoms. The molecule has 0 unspecified atom stereocenters. The number of nitrogens with one attached hydrogen (secondary N) is 2. The van der Waals surface area contributed by atoms with Gasteiger partial charge in [-0.05, 0) is 46.7 Å². The quantitative estimate of drug-likeness (QED) is 0.780. The minimum atomic E-state index is -0.733. The molecular formula is C15H21N5O2. The number of rotatable bonds is 2. The molecule has 0 atom stereocenters. The molecule has 0 aliphatic carbocycles. The molecule has 1 spiro atoms. The molecule has 3 amide bonds. The third-order valence-electron chi connectivity index (χ3n) is 4.59. The van der Waals surface area contributed by atoms with E-state index >= 15 is 0 Å². The summed E-state index contributed by atoms with van der Waals surface area (Å²) in [7, 11) is 0. The summed E-state index contributed by atoms with van der Waals surface area (Å²) in [5.41, 5.74) is 2.40. The number of aromatic nitrogens is 2. The van der Waals surface area contributed by atoms with Gasteiger partial charge in [0.05, 0.1) is 29.3 Å². The molecule has 0 bridgehead atoms. The summed E-state index contributed by atoms with van der Waals surface area (Å²) in [6.07, 6.45) is 1.26. The van der Waals surface area contributed by atoms with Crippen LogP contribution in [0.3, 0.4) is 0 Å². The van der Waals surface area contributed by atoms with Gasteiger partial charge in [0, 0.05) is 0 Å². The van der Waals surface area contributed by atoms with Crippen LogP contribution in [0.25, 0.3) is 0 Å².